The molecule has 0 unspecified atom stereocenters. The van der Waals surface area contributed by atoms with Gasteiger partial charge in [-0.2, -0.15) is 0 Å². The number of benzene rings is 1. The molecule has 8 heteroatoms. The number of rotatable bonds is 5. The van der Waals surface area contributed by atoms with Crippen molar-refractivity contribution in [1.82, 2.24) is 9.79 Å². The zero-order valence-corrected chi connectivity index (χ0v) is 11.4. The van der Waals surface area contributed by atoms with Gasteiger partial charge in [0.25, 0.3) is 15.9 Å². The fourth-order valence-corrected chi connectivity index (χ4v) is 2.42. The molecule has 3 N–H and O–H groups in total. The van der Waals surface area contributed by atoms with Crippen LogP contribution < -0.4 is 4.89 Å². The zero-order valence-electron chi connectivity index (χ0n) is 10.6. The maximum atomic E-state index is 12.0. The number of aryl methyl sites for hydroxylation is 1. The van der Waals surface area contributed by atoms with Crippen LogP contribution in [-0.4, -0.2) is 49.7 Å². The summed E-state index contributed by atoms with van der Waals surface area (Å²) in [6.45, 7) is 1.51. The Morgan fingerprint density at radius 1 is 1.42 bits per heavy atom. The number of nitrogens with zero attached hydrogens (tertiary/aromatic N) is 1. The SMILES string of the molecule is Cc1ccc(C(=O)N(C)CCO)cc1S(=O)(=O)NO. The number of carbonyl (C=O) groups is 1. The van der Waals surface area contributed by atoms with Crippen LogP contribution in [0.15, 0.2) is 23.1 Å². The number of sulfonamides is 1. The number of nitrogens with one attached hydrogen (secondary N) is 1. The van der Waals surface area contributed by atoms with Gasteiger partial charge in [-0.3, -0.25) is 4.79 Å². The highest BCUT2D eigenvalue weighted by atomic mass is 32.2. The minimum atomic E-state index is -4.04. The summed E-state index contributed by atoms with van der Waals surface area (Å²) in [7, 11) is -2.54. The van der Waals surface area contributed by atoms with Gasteiger partial charge in [0.15, 0.2) is 0 Å². The molecule has 106 valence electrons. The minimum Gasteiger partial charge on any atom is -0.395 e. The van der Waals surface area contributed by atoms with E-state index >= 15 is 0 Å². The molecular weight excluding hydrogens is 272 g/mol. The number of aliphatic hydroxyl groups excluding tert-OH is 1. The maximum absolute atomic E-state index is 12.0. The summed E-state index contributed by atoms with van der Waals surface area (Å²) >= 11 is 0. The summed E-state index contributed by atoms with van der Waals surface area (Å²) in [5.41, 5.74) is 0.568. The van der Waals surface area contributed by atoms with Crippen molar-refractivity contribution in [2.75, 3.05) is 20.2 Å². The molecule has 0 aliphatic heterocycles. The minimum absolute atomic E-state index is 0.146. The summed E-state index contributed by atoms with van der Waals surface area (Å²) in [6.07, 6.45) is 0. The quantitative estimate of drug-likeness (QED) is 0.646. The highest BCUT2D eigenvalue weighted by molar-refractivity contribution is 7.89. The summed E-state index contributed by atoms with van der Waals surface area (Å²) in [5, 5.41) is 17.4. The van der Waals surface area contributed by atoms with Crippen molar-refractivity contribution in [3.63, 3.8) is 0 Å². The molecular formula is C11H16N2O5S. The Bertz CT molecular complexity index is 570. The Kier molecular flexibility index (Phi) is 5.01. The van der Waals surface area contributed by atoms with Gasteiger partial charge in [-0.1, -0.05) is 11.0 Å². The molecule has 0 saturated carbocycles. The lowest BCUT2D eigenvalue weighted by atomic mass is 10.1. The van der Waals surface area contributed by atoms with Gasteiger partial charge in [0.05, 0.1) is 11.5 Å². The molecule has 0 atom stereocenters. The number of carbonyl (C=O) groups excluding carboxylic acids is 1. The van der Waals surface area contributed by atoms with Crippen molar-refractivity contribution in [3.8, 4) is 0 Å². The molecule has 19 heavy (non-hydrogen) atoms. The van der Waals surface area contributed by atoms with Crippen LogP contribution in [0.5, 0.6) is 0 Å². The molecule has 0 aromatic heterocycles. The van der Waals surface area contributed by atoms with Crippen LogP contribution in [-0.2, 0) is 10.0 Å². The van der Waals surface area contributed by atoms with E-state index in [9.17, 15) is 13.2 Å². The number of likely N-dealkylation sites (N-methyl/N-ethyl adjacent to an activating group) is 1. The molecule has 0 aliphatic carbocycles. The molecule has 1 amide bonds. The first-order valence-corrected chi connectivity index (χ1v) is 6.94. The number of hydrogen-bond acceptors (Lipinski definition) is 5. The topological polar surface area (TPSA) is 107 Å². The Labute approximate surface area is 111 Å². The smallest absolute Gasteiger partial charge is 0.262 e. The van der Waals surface area contributed by atoms with Gasteiger partial charge in [-0.25, -0.2) is 8.42 Å². The van der Waals surface area contributed by atoms with E-state index in [1.54, 1.807) is 6.92 Å². The van der Waals surface area contributed by atoms with Crippen molar-refractivity contribution in [3.05, 3.63) is 29.3 Å². The van der Waals surface area contributed by atoms with Crippen LogP contribution in [0.2, 0.25) is 0 Å². The molecule has 1 rings (SSSR count). The van der Waals surface area contributed by atoms with E-state index < -0.39 is 15.9 Å². The first kappa shape index (κ1) is 15.6. The molecule has 0 bridgehead atoms. The Morgan fingerprint density at radius 2 is 2.05 bits per heavy atom. The number of amides is 1. The molecule has 1 aromatic carbocycles. The number of aliphatic hydroxyl groups is 1. The van der Waals surface area contributed by atoms with E-state index in [0.29, 0.717) is 5.56 Å². The highest BCUT2D eigenvalue weighted by Crippen LogP contribution is 2.17. The van der Waals surface area contributed by atoms with Crippen LogP contribution in [0.3, 0.4) is 0 Å². The molecule has 7 nitrogen and oxygen atoms in total. The van der Waals surface area contributed by atoms with Crippen molar-refractivity contribution < 1.29 is 23.5 Å². The van der Waals surface area contributed by atoms with E-state index in [2.05, 4.69) is 0 Å². The largest absolute Gasteiger partial charge is 0.395 e. The Morgan fingerprint density at radius 3 is 2.58 bits per heavy atom. The second-order valence-electron chi connectivity index (χ2n) is 4.03. The van der Waals surface area contributed by atoms with Crippen LogP contribution in [0.4, 0.5) is 0 Å². The third-order valence-corrected chi connectivity index (χ3v) is 3.89. The van der Waals surface area contributed by atoms with Gasteiger partial charge in [0.2, 0.25) is 0 Å². The van der Waals surface area contributed by atoms with Gasteiger partial charge in [-0.15, -0.1) is 0 Å². The molecule has 0 heterocycles. The van der Waals surface area contributed by atoms with Gasteiger partial charge >= 0.3 is 0 Å². The van der Waals surface area contributed by atoms with E-state index in [4.69, 9.17) is 10.3 Å². The molecule has 0 aliphatic rings. The average Bonchev–Trinajstić information content (AvgIpc) is 2.38. The predicted molar refractivity (Wildman–Crippen MR) is 67.3 cm³/mol. The van der Waals surface area contributed by atoms with Crippen molar-refractivity contribution in [2.24, 2.45) is 0 Å². The monoisotopic (exact) mass is 288 g/mol. The highest BCUT2D eigenvalue weighted by Gasteiger charge is 2.19. The standard InChI is InChI=1S/C11H16N2O5S/c1-8-3-4-9(11(15)13(2)5-6-14)7-10(8)19(17,18)12-16/h3-4,7,12,14,16H,5-6H2,1-2H3. The Balaban J connectivity index is 3.20. The van der Waals surface area contributed by atoms with Gasteiger partial charge in [0, 0.05) is 19.2 Å². The molecule has 0 saturated heterocycles. The summed E-state index contributed by atoms with van der Waals surface area (Å²) in [4.78, 5) is 14.3. The zero-order chi connectivity index (χ0) is 14.6. The van der Waals surface area contributed by atoms with E-state index in [-0.39, 0.29) is 23.6 Å². The van der Waals surface area contributed by atoms with Crippen molar-refractivity contribution >= 4 is 15.9 Å². The average molecular weight is 288 g/mol. The number of hydrogen-bond donors (Lipinski definition) is 3. The normalized spacial score (nSPS) is 11.4. The summed E-state index contributed by atoms with van der Waals surface area (Å²) in [5.74, 6) is -0.413. The van der Waals surface area contributed by atoms with Gasteiger partial charge < -0.3 is 15.2 Å². The first-order chi connectivity index (χ1) is 8.83. The lowest BCUT2D eigenvalue weighted by Crippen LogP contribution is -2.30. The van der Waals surface area contributed by atoms with Crippen LogP contribution >= 0.6 is 0 Å². The molecule has 0 fully saturated rings. The predicted octanol–water partition coefficient (Wildman–Crippen LogP) is -0.273. The van der Waals surface area contributed by atoms with Gasteiger partial charge in [-0.05, 0) is 24.6 Å². The lowest BCUT2D eigenvalue weighted by molar-refractivity contribution is 0.0766. The lowest BCUT2D eigenvalue weighted by Gasteiger charge is -2.16. The summed E-state index contributed by atoms with van der Waals surface area (Å²) < 4.78 is 23.1. The van der Waals surface area contributed by atoms with Crippen LogP contribution in [0.1, 0.15) is 15.9 Å². The Hall–Kier alpha value is -1.48. The van der Waals surface area contributed by atoms with Crippen LogP contribution in [0, 0.1) is 6.92 Å². The van der Waals surface area contributed by atoms with E-state index in [1.807, 2.05) is 0 Å². The maximum Gasteiger partial charge on any atom is 0.262 e. The summed E-state index contributed by atoms with van der Waals surface area (Å²) in [6, 6.07) is 4.15. The van der Waals surface area contributed by atoms with Crippen molar-refractivity contribution in [1.29, 1.82) is 0 Å². The fourth-order valence-electron chi connectivity index (χ4n) is 1.54. The molecule has 1 aromatic rings. The third-order valence-electron chi connectivity index (χ3n) is 2.63. The van der Waals surface area contributed by atoms with E-state index in [1.165, 1.54) is 35.0 Å². The van der Waals surface area contributed by atoms with Gasteiger partial charge in [0.1, 0.15) is 0 Å². The second-order valence-corrected chi connectivity index (χ2v) is 5.65. The van der Waals surface area contributed by atoms with Crippen LogP contribution in [0.25, 0.3) is 0 Å². The van der Waals surface area contributed by atoms with Crippen molar-refractivity contribution in [2.45, 2.75) is 11.8 Å². The van der Waals surface area contributed by atoms with E-state index in [0.717, 1.165) is 0 Å². The molecule has 0 radical (unpaired) electrons. The molecule has 0 spiro atoms. The first-order valence-electron chi connectivity index (χ1n) is 5.46. The third kappa shape index (κ3) is 3.51. The second kappa shape index (κ2) is 6.11. The fraction of sp³-hybridized carbons (Fsp3) is 0.364.